The maximum Gasteiger partial charge on any atom is 0.260 e. The first kappa shape index (κ1) is 17.1. The van der Waals surface area contributed by atoms with Crippen molar-refractivity contribution in [2.45, 2.75) is 30.8 Å². The van der Waals surface area contributed by atoms with Gasteiger partial charge in [0.25, 0.3) is 5.89 Å². The van der Waals surface area contributed by atoms with Crippen LogP contribution < -0.4 is 0 Å². The van der Waals surface area contributed by atoms with Crippen molar-refractivity contribution >= 4 is 20.9 Å². The second-order valence-corrected chi connectivity index (χ2v) is 8.45. The fraction of sp³-hybridized carbons (Fsp3) is 0.353. The van der Waals surface area contributed by atoms with Crippen LogP contribution in [0.5, 0.6) is 0 Å². The summed E-state index contributed by atoms with van der Waals surface area (Å²) in [7, 11) is -3.81. The Hall–Kier alpha value is -2.36. The topological polar surface area (TPSA) is 109 Å². The summed E-state index contributed by atoms with van der Waals surface area (Å²) in [6.45, 7) is 3.56. The number of aliphatic hydroxyl groups is 1. The standard InChI is InChI=1S/C17H18N4O4S/c1-11-5-6-14(13-4-3-8-18-15(11)13)26(23,24)21-9-7-17(22,10-21)16-19-12(2)20-25-16/h3-6,8,22H,7,9-10H2,1-2H3/t17-/m1/s1. The number of hydrogen-bond donors (Lipinski definition) is 1. The van der Waals surface area contributed by atoms with E-state index in [1.54, 1.807) is 37.4 Å². The van der Waals surface area contributed by atoms with E-state index in [2.05, 4.69) is 15.1 Å². The highest BCUT2D eigenvalue weighted by Crippen LogP contribution is 2.35. The second-order valence-electron chi connectivity index (χ2n) is 6.55. The van der Waals surface area contributed by atoms with Crippen LogP contribution in [0, 0.1) is 13.8 Å². The van der Waals surface area contributed by atoms with Crippen LogP contribution in [0.25, 0.3) is 10.9 Å². The largest absolute Gasteiger partial charge is 0.379 e. The van der Waals surface area contributed by atoms with Crippen molar-refractivity contribution < 1.29 is 18.0 Å². The lowest BCUT2D eigenvalue weighted by Crippen LogP contribution is -2.34. The summed E-state index contributed by atoms with van der Waals surface area (Å²) in [5.41, 5.74) is 0.0713. The van der Waals surface area contributed by atoms with Gasteiger partial charge in [-0.15, -0.1) is 0 Å². The van der Waals surface area contributed by atoms with E-state index in [0.29, 0.717) is 16.7 Å². The Morgan fingerprint density at radius 3 is 2.81 bits per heavy atom. The summed E-state index contributed by atoms with van der Waals surface area (Å²) in [6.07, 6.45) is 1.83. The first-order chi connectivity index (χ1) is 12.3. The summed E-state index contributed by atoms with van der Waals surface area (Å²) >= 11 is 0. The molecule has 136 valence electrons. The van der Waals surface area contributed by atoms with E-state index in [1.165, 1.54) is 4.31 Å². The van der Waals surface area contributed by atoms with Crippen LogP contribution >= 0.6 is 0 Å². The van der Waals surface area contributed by atoms with E-state index in [0.717, 1.165) is 5.56 Å². The van der Waals surface area contributed by atoms with Crippen LogP contribution in [0.2, 0.25) is 0 Å². The van der Waals surface area contributed by atoms with E-state index in [1.807, 2.05) is 6.92 Å². The molecule has 8 nitrogen and oxygen atoms in total. The third-order valence-electron chi connectivity index (χ3n) is 4.69. The molecule has 1 fully saturated rings. The van der Waals surface area contributed by atoms with Gasteiger partial charge in [0.2, 0.25) is 10.0 Å². The number of sulfonamides is 1. The molecular weight excluding hydrogens is 356 g/mol. The van der Waals surface area contributed by atoms with Gasteiger partial charge in [-0.25, -0.2) is 8.42 Å². The van der Waals surface area contributed by atoms with Crippen LogP contribution in [0.3, 0.4) is 0 Å². The summed E-state index contributed by atoms with van der Waals surface area (Å²) in [6, 6.07) is 6.78. The van der Waals surface area contributed by atoms with Crippen molar-refractivity contribution in [3.05, 3.63) is 47.7 Å². The van der Waals surface area contributed by atoms with E-state index in [4.69, 9.17) is 4.52 Å². The Bertz CT molecular complexity index is 1100. The van der Waals surface area contributed by atoms with Crippen molar-refractivity contribution in [3.63, 3.8) is 0 Å². The molecule has 0 saturated carbocycles. The highest BCUT2D eigenvalue weighted by atomic mass is 32.2. The lowest BCUT2D eigenvalue weighted by Gasteiger charge is -2.20. The lowest BCUT2D eigenvalue weighted by atomic mass is 10.0. The van der Waals surface area contributed by atoms with Crippen LogP contribution in [-0.4, -0.2) is 46.0 Å². The number of rotatable bonds is 3. The van der Waals surface area contributed by atoms with Gasteiger partial charge in [0.05, 0.1) is 17.0 Å². The minimum atomic E-state index is -3.81. The maximum atomic E-state index is 13.2. The van der Waals surface area contributed by atoms with Gasteiger partial charge >= 0.3 is 0 Å². The maximum absolute atomic E-state index is 13.2. The molecule has 9 heteroatoms. The van der Waals surface area contributed by atoms with E-state index in [9.17, 15) is 13.5 Å². The van der Waals surface area contributed by atoms with E-state index in [-0.39, 0.29) is 30.3 Å². The van der Waals surface area contributed by atoms with Gasteiger partial charge in [-0.05, 0) is 37.6 Å². The minimum Gasteiger partial charge on any atom is -0.379 e. The Kier molecular flexibility index (Phi) is 3.83. The fourth-order valence-electron chi connectivity index (χ4n) is 3.28. The average Bonchev–Trinajstić information content (AvgIpc) is 3.23. The molecule has 0 spiro atoms. The number of benzene rings is 1. The number of fused-ring (bicyclic) bond motifs is 1. The van der Waals surface area contributed by atoms with Crippen molar-refractivity contribution in [2.75, 3.05) is 13.1 Å². The van der Waals surface area contributed by atoms with Gasteiger partial charge in [-0.2, -0.15) is 9.29 Å². The van der Waals surface area contributed by atoms with E-state index >= 15 is 0 Å². The molecule has 1 aliphatic heterocycles. The summed E-state index contributed by atoms with van der Waals surface area (Å²) < 4.78 is 32.7. The fourth-order valence-corrected chi connectivity index (χ4v) is 4.95. The Morgan fingerprint density at radius 2 is 2.08 bits per heavy atom. The molecule has 1 aromatic carbocycles. The molecular formula is C17H18N4O4S. The number of aryl methyl sites for hydroxylation is 2. The van der Waals surface area contributed by atoms with Crippen LogP contribution in [0.4, 0.5) is 0 Å². The summed E-state index contributed by atoms with van der Waals surface area (Å²) in [4.78, 5) is 8.53. The zero-order valence-corrected chi connectivity index (χ0v) is 15.2. The number of nitrogens with zero attached hydrogens (tertiary/aromatic N) is 4. The SMILES string of the molecule is Cc1noc([C@@]2(O)CCN(S(=O)(=O)c3ccc(C)c4ncccc34)C2)n1. The number of pyridine rings is 1. The number of β-amino-alcohol motifs (C(OH)–C–C–N with tert-alkyl or cyclic N) is 1. The first-order valence-electron chi connectivity index (χ1n) is 8.19. The average molecular weight is 374 g/mol. The molecule has 2 aromatic heterocycles. The highest BCUT2D eigenvalue weighted by molar-refractivity contribution is 7.89. The third kappa shape index (κ3) is 2.59. The zero-order chi connectivity index (χ0) is 18.5. The number of aromatic nitrogens is 3. The summed E-state index contributed by atoms with van der Waals surface area (Å²) in [5.74, 6) is 0.438. The van der Waals surface area contributed by atoms with Crippen LogP contribution in [0.1, 0.15) is 23.7 Å². The molecule has 1 atom stereocenters. The summed E-state index contributed by atoms with van der Waals surface area (Å²) in [5, 5.41) is 15.0. The molecule has 0 unspecified atom stereocenters. The van der Waals surface area contributed by atoms with Gasteiger partial charge in [0.1, 0.15) is 0 Å². The quantitative estimate of drug-likeness (QED) is 0.740. The molecule has 3 aromatic rings. The molecule has 1 N–H and O–H groups in total. The highest BCUT2D eigenvalue weighted by Gasteiger charge is 2.46. The number of hydrogen-bond acceptors (Lipinski definition) is 7. The predicted octanol–water partition coefficient (Wildman–Crippen LogP) is 1.52. The monoisotopic (exact) mass is 374 g/mol. The predicted molar refractivity (Wildman–Crippen MR) is 92.8 cm³/mol. The molecule has 0 radical (unpaired) electrons. The Balaban J connectivity index is 1.74. The third-order valence-corrected chi connectivity index (χ3v) is 6.59. The lowest BCUT2D eigenvalue weighted by molar-refractivity contribution is 0.0194. The van der Waals surface area contributed by atoms with Gasteiger partial charge < -0.3 is 9.63 Å². The molecule has 0 aliphatic carbocycles. The Morgan fingerprint density at radius 1 is 1.27 bits per heavy atom. The van der Waals surface area contributed by atoms with E-state index < -0.39 is 15.6 Å². The normalized spacial score (nSPS) is 21.5. The van der Waals surface area contributed by atoms with Gasteiger partial charge in [-0.1, -0.05) is 11.2 Å². The minimum absolute atomic E-state index is 0.0446. The molecule has 4 rings (SSSR count). The molecule has 3 heterocycles. The zero-order valence-electron chi connectivity index (χ0n) is 14.4. The van der Waals surface area contributed by atoms with Gasteiger partial charge in [0.15, 0.2) is 11.4 Å². The molecule has 0 amide bonds. The Labute approximate surface area is 150 Å². The van der Waals surface area contributed by atoms with Crippen molar-refractivity contribution in [3.8, 4) is 0 Å². The molecule has 1 saturated heterocycles. The molecule has 26 heavy (non-hydrogen) atoms. The molecule has 1 aliphatic rings. The van der Waals surface area contributed by atoms with Gasteiger partial charge in [0, 0.05) is 24.5 Å². The van der Waals surface area contributed by atoms with Crippen LogP contribution in [-0.2, 0) is 15.6 Å². The molecule has 0 bridgehead atoms. The second kappa shape index (κ2) is 5.83. The van der Waals surface area contributed by atoms with Crippen molar-refractivity contribution in [1.82, 2.24) is 19.4 Å². The van der Waals surface area contributed by atoms with Crippen molar-refractivity contribution in [1.29, 1.82) is 0 Å². The van der Waals surface area contributed by atoms with Crippen molar-refractivity contribution in [2.24, 2.45) is 0 Å². The van der Waals surface area contributed by atoms with Gasteiger partial charge in [-0.3, -0.25) is 4.98 Å². The smallest absolute Gasteiger partial charge is 0.260 e. The first-order valence-corrected chi connectivity index (χ1v) is 9.63. The van der Waals surface area contributed by atoms with Crippen LogP contribution in [0.15, 0.2) is 39.9 Å².